The average Bonchev–Trinajstić information content (AvgIpc) is 2.17. The van der Waals surface area contributed by atoms with Gasteiger partial charge in [0.1, 0.15) is 0 Å². The predicted molar refractivity (Wildman–Crippen MR) is 53.6 cm³/mol. The Morgan fingerprint density at radius 2 is 2.27 bits per heavy atom. The Kier molecular flexibility index (Phi) is 5.84. The average molecular weight is 215 g/mol. The van der Waals surface area contributed by atoms with Crippen LogP contribution in [0.3, 0.4) is 0 Å². The Balaban J connectivity index is 4.48. The van der Waals surface area contributed by atoms with Crippen molar-refractivity contribution in [2.45, 2.75) is 25.8 Å². The smallest absolute Gasteiger partial charge is 0.249 e. The molecule has 0 spiro atoms. The van der Waals surface area contributed by atoms with E-state index in [0.717, 1.165) is 0 Å². The van der Waals surface area contributed by atoms with E-state index in [1.54, 1.807) is 6.92 Å². The van der Waals surface area contributed by atoms with Crippen LogP contribution < -0.4 is 5.73 Å². The van der Waals surface area contributed by atoms with Crippen molar-refractivity contribution in [3.63, 3.8) is 0 Å². The number of nitrogens with two attached hydrogens (primary N) is 1. The quantitative estimate of drug-likeness (QED) is 0.290. The number of carbonyl (C=O) groups excluding carboxylic acids is 1. The van der Waals surface area contributed by atoms with Gasteiger partial charge in [0, 0.05) is 11.3 Å². The van der Waals surface area contributed by atoms with Crippen molar-refractivity contribution in [1.29, 1.82) is 0 Å². The van der Waals surface area contributed by atoms with E-state index in [1.807, 2.05) is 0 Å². The fraction of sp³-hybridized carbons (Fsp3) is 0.625. The molecule has 0 radical (unpaired) electrons. The van der Waals surface area contributed by atoms with Crippen LogP contribution in [0, 0.1) is 15.0 Å². The van der Waals surface area contributed by atoms with Crippen LogP contribution in [-0.4, -0.2) is 23.4 Å². The number of nitrogens with zero attached hydrogens (tertiary/aromatic N) is 2. The predicted octanol–water partition coefficient (Wildman–Crippen LogP) is 0.610. The fourth-order valence-corrected chi connectivity index (χ4v) is 1.00. The Morgan fingerprint density at radius 1 is 1.67 bits per heavy atom. The van der Waals surface area contributed by atoms with E-state index in [1.165, 1.54) is 6.08 Å². The number of primary amides is 1. The summed E-state index contributed by atoms with van der Waals surface area (Å²) >= 11 is 0. The molecule has 0 aliphatic heterocycles. The summed E-state index contributed by atoms with van der Waals surface area (Å²) in [5.41, 5.74) is 5.53. The molecular weight excluding hydrogens is 202 g/mol. The molecule has 7 heteroatoms. The molecule has 0 fully saturated rings. The zero-order chi connectivity index (χ0) is 11.8. The maximum absolute atomic E-state index is 10.7. The zero-order valence-corrected chi connectivity index (χ0v) is 8.38. The molecule has 0 bridgehead atoms. The molecule has 0 aliphatic rings. The first kappa shape index (κ1) is 13.2. The van der Waals surface area contributed by atoms with Crippen LogP contribution in [0.1, 0.15) is 19.8 Å². The Bertz CT molecular complexity index is 288. The standard InChI is InChI=1S/C8H13N3O4/c1-2-6(3-4-11(14)15)5-7(10-13)8(9)12/h5,7H,2-4H2,1H3,(H2,9,12). The molecule has 0 rings (SSSR count). The molecule has 0 aromatic carbocycles. The lowest BCUT2D eigenvalue weighted by atomic mass is 10.1. The number of carbonyl (C=O) groups is 1. The molecule has 15 heavy (non-hydrogen) atoms. The SMILES string of the molecule is CCC(=CC(N=O)C(N)=O)CC[N+](=O)[O-]. The lowest BCUT2D eigenvalue weighted by Gasteiger charge is -2.03. The molecule has 1 atom stereocenters. The van der Waals surface area contributed by atoms with Gasteiger partial charge in [0.25, 0.3) is 0 Å². The van der Waals surface area contributed by atoms with Crippen LogP contribution in [0.2, 0.25) is 0 Å². The largest absolute Gasteiger partial charge is 0.367 e. The van der Waals surface area contributed by atoms with Gasteiger partial charge in [-0.15, -0.1) is 4.91 Å². The Hall–Kier alpha value is -1.79. The third kappa shape index (κ3) is 5.50. The van der Waals surface area contributed by atoms with Crippen molar-refractivity contribution in [3.8, 4) is 0 Å². The third-order valence-electron chi connectivity index (χ3n) is 1.87. The van der Waals surface area contributed by atoms with Crippen LogP contribution in [0.15, 0.2) is 16.8 Å². The van der Waals surface area contributed by atoms with Crippen molar-refractivity contribution in [2.75, 3.05) is 6.54 Å². The van der Waals surface area contributed by atoms with Crippen molar-refractivity contribution < 1.29 is 9.72 Å². The summed E-state index contributed by atoms with van der Waals surface area (Å²) in [7, 11) is 0. The van der Waals surface area contributed by atoms with Crippen LogP contribution >= 0.6 is 0 Å². The summed E-state index contributed by atoms with van der Waals surface area (Å²) in [6.07, 6.45) is 2.01. The number of amides is 1. The van der Waals surface area contributed by atoms with Crippen molar-refractivity contribution in [2.24, 2.45) is 10.9 Å². The Labute approximate surface area is 86.5 Å². The number of nitro groups is 1. The topological polar surface area (TPSA) is 116 Å². The van der Waals surface area contributed by atoms with Crippen LogP contribution in [0.25, 0.3) is 0 Å². The molecule has 0 aromatic heterocycles. The van der Waals surface area contributed by atoms with E-state index in [0.29, 0.717) is 12.0 Å². The van der Waals surface area contributed by atoms with Gasteiger partial charge in [0.15, 0.2) is 6.04 Å². The summed E-state index contributed by atoms with van der Waals surface area (Å²) < 4.78 is 0. The fourth-order valence-electron chi connectivity index (χ4n) is 1.00. The zero-order valence-electron chi connectivity index (χ0n) is 8.38. The lowest BCUT2D eigenvalue weighted by Crippen LogP contribution is -2.25. The van der Waals surface area contributed by atoms with E-state index in [9.17, 15) is 19.8 Å². The molecule has 7 nitrogen and oxygen atoms in total. The van der Waals surface area contributed by atoms with E-state index < -0.39 is 16.9 Å². The third-order valence-corrected chi connectivity index (χ3v) is 1.87. The molecule has 84 valence electrons. The molecule has 0 saturated heterocycles. The molecule has 0 aromatic rings. The lowest BCUT2D eigenvalue weighted by molar-refractivity contribution is -0.479. The molecule has 1 amide bonds. The number of nitroso groups, excluding NO2 is 1. The molecule has 1 unspecified atom stereocenters. The van der Waals surface area contributed by atoms with Gasteiger partial charge in [-0.3, -0.25) is 14.9 Å². The van der Waals surface area contributed by atoms with E-state index in [-0.39, 0.29) is 13.0 Å². The monoisotopic (exact) mass is 215 g/mol. The molecular formula is C8H13N3O4. The first-order valence-electron chi connectivity index (χ1n) is 4.44. The van der Waals surface area contributed by atoms with Crippen LogP contribution in [0.5, 0.6) is 0 Å². The van der Waals surface area contributed by atoms with Gasteiger partial charge in [0.2, 0.25) is 12.5 Å². The van der Waals surface area contributed by atoms with Crippen LogP contribution in [-0.2, 0) is 4.79 Å². The van der Waals surface area contributed by atoms with Gasteiger partial charge in [-0.05, 0) is 12.5 Å². The van der Waals surface area contributed by atoms with E-state index in [4.69, 9.17) is 5.73 Å². The molecule has 0 saturated carbocycles. The minimum Gasteiger partial charge on any atom is -0.367 e. The highest BCUT2D eigenvalue weighted by atomic mass is 16.6. The second-order valence-electron chi connectivity index (χ2n) is 2.94. The summed E-state index contributed by atoms with van der Waals surface area (Å²) in [4.78, 5) is 30.5. The highest BCUT2D eigenvalue weighted by Crippen LogP contribution is 2.09. The maximum Gasteiger partial charge on any atom is 0.249 e. The van der Waals surface area contributed by atoms with Crippen molar-refractivity contribution in [1.82, 2.24) is 0 Å². The van der Waals surface area contributed by atoms with Crippen molar-refractivity contribution in [3.05, 3.63) is 26.7 Å². The van der Waals surface area contributed by atoms with Gasteiger partial charge in [-0.2, -0.15) is 0 Å². The van der Waals surface area contributed by atoms with Crippen LogP contribution in [0.4, 0.5) is 0 Å². The number of hydrogen-bond acceptors (Lipinski definition) is 5. The number of rotatable bonds is 7. The van der Waals surface area contributed by atoms with Gasteiger partial charge < -0.3 is 5.73 Å². The first-order chi connectivity index (χ1) is 7.01. The summed E-state index contributed by atoms with van der Waals surface area (Å²) in [6, 6.07) is -1.23. The highest BCUT2D eigenvalue weighted by Gasteiger charge is 2.13. The second kappa shape index (κ2) is 6.63. The highest BCUT2D eigenvalue weighted by molar-refractivity contribution is 5.82. The Morgan fingerprint density at radius 3 is 2.60 bits per heavy atom. The maximum atomic E-state index is 10.7. The summed E-state index contributed by atoms with van der Waals surface area (Å²) in [5, 5.41) is 12.6. The normalized spacial score (nSPS) is 13.3. The molecule has 0 aliphatic carbocycles. The van der Waals surface area contributed by atoms with Gasteiger partial charge in [0.05, 0.1) is 0 Å². The molecule has 0 heterocycles. The minimum absolute atomic E-state index is 0.197. The number of hydrogen-bond donors (Lipinski definition) is 1. The van der Waals surface area contributed by atoms with Gasteiger partial charge in [-0.1, -0.05) is 17.7 Å². The minimum atomic E-state index is -1.23. The van der Waals surface area contributed by atoms with Crippen molar-refractivity contribution >= 4 is 5.91 Å². The summed E-state index contributed by atoms with van der Waals surface area (Å²) in [6.45, 7) is 1.54. The van der Waals surface area contributed by atoms with E-state index >= 15 is 0 Å². The van der Waals surface area contributed by atoms with Gasteiger partial charge >= 0.3 is 0 Å². The molecule has 2 N–H and O–H groups in total. The summed E-state index contributed by atoms with van der Waals surface area (Å²) in [5.74, 6) is -0.850. The van der Waals surface area contributed by atoms with Gasteiger partial charge in [-0.25, -0.2) is 0 Å². The van der Waals surface area contributed by atoms with E-state index in [2.05, 4.69) is 5.18 Å². The first-order valence-corrected chi connectivity index (χ1v) is 4.44. The second-order valence-corrected chi connectivity index (χ2v) is 2.94.